The molecule has 0 saturated carbocycles. The molecular formula is C6H14O+. The van der Waals surface area contributed by atoms with Crippen molar-refractivity contribution in [3.05, 3.63) is 6.92 Å². The Morgan fingerprint density at radius 1 is 1.43 bits per heavy atom. The van der Waals surface area contributed by atoms with E-state index < -0.39 is 0 Å². The van der Waals surface area contributed by atoms with Crippen molar-refractivity contribution in [2.24, 2.45) is 0 Å². The van der Waals surface area contributed by atoms with Crippen LogP contribution < -0.4 is 0 Å². The van der Waals surface area contributed by atoms with Crippen molar-refractivity contribution in [1.29, 1.82) is 0 Å². The number of ether oxygens (including phenoxy) is 1. The summed E-state index contributed by atoms with van der Waals surface area (Å²) in [7, 11) is 0. The van der Waals surface area contributed by atoms with Crippen LogP contribution in [0.15, 0.2) is 0 Å². The van der Waals surface area contributed by atoms with Gasteiger partial charge in [0.1, 0.15) is 6.61 Å². The number of hydrogen-bond donors (Lipinski definition) is 0. The van der Waals surface area contributed by atoms with E-state index in [0.29, 0.717) is 6.61 Å². The summed E-state index contributed by atoms with van der Waals surface area (Å²) in [6, 6.07) is 0. The molecule has 1 heteroatoms. The Balaban J connectivity index is 3.15. The summed E-state index contributed by atoms with van der Waals surface area (Å²) >= 11 is 0. The highest BCUT2D eigenvalue weighted by molar-refractivity contribution is 4.56. The van der Waals surface area contributed by atoms with E-state index in [1.54, 1.807) is 0 Å². The predicted molar refractivity (Wildman–Crippen MR) is 32.2 cm³/mol. The van der Waals surface area contributed by atoms with Gasteiger partial charge in [-0.2, -0.15) is 0 Å². The third-order valence-corrected chi connectivity index (χ3v) is 0.586. The first-order valence-electron chi connectivity index (χ1n) is 2.54. The van der Waals surface area contributed by atoms with E-state index in [9.17, 15) is 0 Å². The van der Waals surface area contributed by atoms with Crippen LogP contribution >= 0.6 is 0 Å². The molecule has 0 atom stereocenters. The maximum absolute atomic E-state index is 4.15. The van der Waals surface area contributed by atoms with E-state index >= 15 is 0 Å². The van der Waals surface area contributed by atoms with Crippen LogP contribution in [0.1, 0.15) is 20.8 Å². The first-order valence-corrected chi connectivity index (χ1v) is 2.54. The molecule has 0 unspecified atom stereocenters. The highest BCUT2D eigenvalue weighted by Gasteiger charge is 2.12. The molecule has 43 valence electrons. The third-order valence-electron chi connectivity index (χ3n) is 0.586. The van der Waals surface area contributed by atoms with Gasteiger partial charge in [-0.15, -0.1) is 0 Å². The lowest BCUT2D eigenvalue weighted by Gasteiger charge is -2.12. The topological polar surface area (TPSA) is 12.8 Å². The molecule has 1 N–H and O–H groups in total. The Hall–Kier alpha value is -0.0400. The quantitative estimate of drug-likeness (QED) is 0.440. The summed E-state index contributed by atoms with van der Waals surface area (Å²) in [6.45, 7) is 10.5. The van der Waals surface area contributed by atoms with Crippen molar-refractivity contribution in [3.63, 3.8) is 0 Å². The van der Waals surface area contributed by atoms with Crippen LogP contribution in [0.2, 0.25) is 0 Å². The van der Waals surface area contributed by atoms with Gasteiger partial charge in [-0.25, -0.2) is 0 Å². The fourth-order valence-corrected chi connectivity index (χ4v) is 0.335. The maximum atomic E-state index is 4.15. The van der Waals surface area contributed by atoms with Gasteiger partial charge >= 0.3 is 0 Å². The van der Waals surface area contributed by atoms with Crippen molar-refractivity contribution in [1.82, 2.24) is 0 Å². The van der Waals surface area contributed by atoms with Crippen molar-refractivity contribution < 1.29 is 4.74 Å². The van der Waals surface area contributed by atoms with E-state index in [1.165, 1.54) is 0 Å². The lowest BCUT2D eigenvalue weighted by atomic mass is 10.2. The summed E-state index contributed by atoms with van der Waals surface area (Å²) in [4.78, 5) is 0. The summed E-state index contributed by atoms with van der Waals surface area (Å²) in [5.74, 6) is 0. The van der Waals surface area contributed by atoms with Gasteiger partial charge in [0.05, 0.1) is 0 Å². The summed E-state index contributed by atoms with van der Waals surface area (Å²) in [5, 5.41) is 0. The zero-order chi connectivity index (χ0) is 5.91. The van der Waals surface area contributed by atoms with Gasteiger partial charge in [0, 0.05) is 27.7 Å². The van der Waals surface area contributed by atoms with Crippen molar-refractivity contribution in [2.75, 3.05) is 6.61 Å². The molecule has 7 heavy (non-hydrogen) atoms. The van der Waals surface area contributed by atoms with E-state index in [1.807, 2.05) is 0 Å². The van der Waals surface area contributed by atoms with Crippen LogP contribution in [0.4, 0.5) is 0 Å². The molecule has 0 amide bonds. The fraction of sp³-hybridized carbons (Fsp3) is 0.833. The highest BCUT2D eigenvalue weighted by Crippen LogP contribution is 2.00. The minimum Gasteiger partial charge on any atom is -0.430 e. The Morgan fingerprint density at radius 3 is 1.86 bits per heavy atom. The molecule has 0 rings (SSSR count). The van der Waals surface area contributed by atoms with Gasteiger partial charge < -0.3 is 4.74 Å². The average molecular weight is 102 g/mol. The molecule has 0 bridgehead atoms. The first kappa shape index (κ1) is 6.96. The van der Waals surface area contributed by atoms with Crippen LogP contribution in [0, 0.1) is 6.92 Å². The van der Waals surface area contributed by atoms with Crippen molar-refractivity contribution in [2.45, 2.75) is 26.4 Å². The molecule has 0 fully saturated rings. The number of rotatable bonds is 1. The molecule has 0 saturated heterocycles. The minimum atomic E-state index is 0.113. The molecule has 0 aromatic rings. The molecule has 0 aromatic heterocycles. The molecule has 0 aliphatic rings. The SMILES string of the molecule is [CH2]C[OH+]C(C)(C)C. The van der Waals surface area contributed by atoms with E-state index in [2.05, 4.69) is 32.4 Å². The summed E-state index contributed by atoms with van der Waals surface area (Å²) in [6.07, 6.45) is 0. The third kappa shape index (κ3) is 5.96. The molecule has 1 nitrogen and oxygen atoms in total. The zero-order valence-corrected chi connectivity index (χ0v) is 5.36. The Labute approximate surface area is 45.7 Å². The highest BCUT2D eigenvalue weighted by atomic mass is 16.5. The molecule has 0 aliphatic carbocycles. The Morgan fingerprint density at radius 2 is 1.86 bits per heavy atom. The maximum Gasteiger partial charge on any atom is 0.156 e. The normalized spacial score (nSPS) is 12.0. The fourth-order valence-electron chi connectivity index (χ4n) is 0.335. The lowest BCUT2D eigenvalue weighted by molar-refractivity contribution is -0.137. The largest absolute Gasteiger partial charge is 0.430 e. The second-order valence-corrected chi connectivity index (χ2v) is 2.55. The molecule has 0 aromatic carbocycles. The first-order chi connectivity index (χ1) is 3.06. The molecular weight excluding hydrogens is 88.1 g/mol. The lowest BCUT2D eigenvalue weighted by Crippen LogP contribution is -2.23. The monoisotopic (exact) mass is 102 g/mol. The van der Waals surface area contributed by atoms with Gasteiger partial charge in [0.25, 0.3) is 0 Å². The molecule has 0 aliphatic heterocycles. The van der Waals surface area contributed by atoms with E-state index in [4.69, 9.17) is 0 Å². The Kier molecular flexibility index (Phi) is 2.30. The standard InChI is InChI=1S/C6H13O/c1-5-7-6(2,3)4/h1,5H2,2-4H3/p+1. The van der Waals surface area contributed by atoms with E-state index in [0.717, 1.165) is 0 Å². The van der Waals surface area contributed by atoms with Gasteiger partial charge in [-0.3, -0.25) is 0 Å². The van der Waals surface area contributed by atoms with Crippen LogP contribution in [0.25, 0.3) is 0 Å². The number of aliphatic hydroxyl groups is 2. The second kappa shape index (κ2) is 2.31. The number of hydrogen-bond acceptors (Lipinski definition) is 0. The van der Waals surface area contributed by atoms with Crippen molar-refractivity contribution in [3.8, 4) is 0 Å². The van der Waals surface area contributed by atoms with E-state index in [-0.39, 0.29) is 5.60 Å². The zero-order valence-electron chi connectivity index (χ0n) is 5.36. The van der Waals surface area contributed by atoms with Gasteiger partial charge in [-0.1, -0.05) is 0 Å². The smallest absolute Gasteiger partial charge is 0.156 e. The van der Waals surface area contributed by atoms with Gasteiger partial charge in [-0.05, 0) is 0 Å². The van der Waals surface area contributed by atoms with Crippen LogP contribution in [0.3, 0.4) is 0 Å². The summed E-state index contributed by atoms with van der Waals surface area (Å²) < 4.78 is 4.15. The van der Waals surface area contributed by atoms with Crippen LogP contribution in [-0.4, -0.2) is 16.9 Å². The molecule has 0 heterocycles. The van der Waals surface area contributed by atoms with Gasteiger partial charge in [0.15, 0.2) is 5.60 Å². The molecule has 1 radical (unpaired) electrons. The average Bonchev–Trinajstić information content (AvgIpc) is 1.30. The van der Waals surface area contributed by atoms with Crippen molar-refractivity contribution >= 4 is 0 Å². The minimum absolute atomic E-state index is 0.113. The Bertz CT molecular complexity index is 42.6. The second-order valence-electron chi connectivity index (χ2n) is 2.55. The van der Waals surface area contributed by atoms with Gasteiger partial charge in [0.2, 0.25) is 0 Å². The van der Waals surface area contributed by atoms with Crippen LogP contribution in [0.5, 0.6) is 0 Å². The van der Waals surface area contributed by atoms with Crippen LogP contribution in [-0.2, 0) is 0 Å². The molecule has 0 spiro atoms. The summed E-state index contributed by atoms with van der Waals surface area (Å²) in [5.41, 5.74) is 0.113. The predicted octanol–water partition coefficient (Wildman–Crippen LogP) is 1.15.